The van der Waals surface area contributed by atoms with E-state index in [0.717, 1.165) is 25.7 Å². The van der Waals surface area contributed by atoms with Gasteiger partial charge in [-0.25, -0.2) is 4.18 Å². The Morgan fingerprint density at radius 1 is 0.881 bits per heavy atom. The number of esters is 1. The second-order valence-corrected chi connectivity index (χ2v) is 11.7. The van der Waals surface area contributed by atoms with Crippen molar-refractivity contribution in [3.63, 3.8) is 0 Å². The summed E-state index contributed by atoms with van der Waals surface area (Å²) in [6.45, 7) is 3.33. The quantitative estimate of drug-likeness (QED) is 0.0501. The summed E-state index contributed by atoms with van der Waals surface area (Å²) in [5.41, 5.74) is 0. The van der Waals surface area contributed by atoms with Gasteiger partial charge in [0, 0.05) is 13.0 Å². The minimum Gasteiger partial charge on any atom is -0.457 e. The Morgan fingerprint density at radius 3 is 2.05 bits per heavy atom. The molecule has 1 aliphatic heterocycles. The number of rotatable bonds is 25. The Labute approximate surface area is 251 Å². The van der Waals surface area contributed by atoms with Crippen molar-refractivity contribution >= 4 is 16.4 Å². The fraction of sp³-hybridized carbons (Fsp3) is 0.897. The Balaban J connectivity index is 2.31. The van der Waals surface area contributed by atoms with Crippen molar-refractivity contribution in [2.24, 2.45) is 0 Å². The smallest absolute Gasteiger partial charge is 0.397 e. The lowest BCUT2D eigenvalue weighted by Gasteiger charge is -2.41. The topological polar surface area (TPSA) is 178 Å². The highest BCUT2D eigenvalue weighted by Gasteiger charge is 2.48. The fourth-order valence-electron chi connectivity index (χ4n) is 4.52. The molecule has 4 N–H and O–H groups in total. The van der Waals surface area contributed by atoms with Crippen LogP contribution in [0.1, 0.15) is 104 Å². The van der Waals surface area contributed by atoms with E-state index in [0.29, 0.717) is 6.61 Å². The first-order valence-corrected chi connectivity index (χ1v) is 16.8. The SMILES string of the molecule is CCCCCCC/C=C\CCCCCCCCOCC(COC1OC(CO)C(O)C(OS(=O)(=O)O)C1O)OC(=O)CC. The third kappa shape index (κ3) is 17.8. The average Bonchev–Trinajstić information content (AvgIpc) is 2.95. The molecule has 13 heteroatoms. The van der Waals surface area contributed by atoms with Gasteiger partial charge >= 0.3 is 16.4 Å². The number of aliphatic hydroxyl groups excluding tert-OH is 3. The van der Waals surface area contributed by atoms with Gasteiger partial charge in [-0.2, -0.15) is 8.42 Å². The minimum absolute atomic E-state index is 0.0243. The number of hydrogen-bond acceptors (Lipinski definition) is 11. The Kier molecular flexibility index (Phi) is 21.5. The molecule has 0 amide bonds. The van der Waals surface area contributed by atoms with E-state index in [4.69, 9.17) is 23.5 Å². The summed E-state index contributed by atoms with van der Waals surface area (Å²) < 4.78 is 57.4. The number of ether oxygens (including phenoxy) is 4. The van der Waals surface area contributed by atoms with Gasteiger partial charge in [-0.3, -0.25) is 9.35 Å². The molecular formula is C29H54O12S. The van der Waals surface area contributed by atoms with Gasteiger partial charge in [0.1, 0.15) is 30.5 Å². The van der Waals surface area contributed by atoms with Gasteiger partial charge in [-0.15, -0.1) is 0 Å². The number of hydrogen-bond donors (Lipinski definition) is 4. The molecule has 1 aliphatic rings. The summed E-state index contributed by atoms with van der Waals surface area (Å²) in [5.74, 6) is -0.490. The predicted molar refractivity (Wildman–Crippen MR) is 156 cm³/mol. The van der Waals surface area contributed by atoms with Crippen LogP contribution in [0.5, 0.6) is 0 Å². The van der Waals surface area contributed by atoms with Crippen LogP contribution < -0.4 is 0 Å². The third-order valence-electron chi connectivity index (χ3n) is 6.94. The van der Waals surface area contributed by atoms with Crippen molar-refractivity contribution < 1.29 is 56.2 Å². The monoisotopic (exact) mass is 626 g/mol. The normalized spacial score (nSPS) is 23.8. The maximum atomic E-state index is 11.9. The number of unbranched alkanes of at least 4 members (excludes halogenated alkanes) is 11. The lowest BCUT2D eigenvalue weighted by molar-refractivity contribution is -0.301. The Bertz CT molecular complexity index is 821. The summed E-state index contributed by atoms with van der Waals surface area (Å²) in [6.07, 6.45) is 11.0. The lowest BCUT2D eigenvalue weighted by atomic mass is 9.99. The van der Waals surface area contributed by atoms with Gasteiger partial charge in [0.15, 0.2) is 6.29 Å². The number of carbonyl (C=O) groups excluding carboxylic acids is 1. The number of carbonyl (C=O) groups is 1. The zero-order valence-corrected chi connectivity index (χ0v) is 26.1. The summed E-state index contributed by atoms with van der Waals surface area (Å²) in [6, 6.07) is 0. The van der Waals surface area contributed by atoms with E-state index in [9.17, 15) is 28.5 Å². The highest BCUT2D eigenvalue weighted by molar-refractivity contribution is 7.80. The van der Waals surface area contributed by atoms with Crippen LogP contribution >= 0.6 is 0 Å². The zero-order chi connectivity index (χ0) is 31.2. The average molecular weight is 627 g/mol. The Hall–Kier alpha value is -1.16. The van der Waals surface area contributed by atoms with Crippen LogP contribution in [-0.2, 0) is 38.3 Å². The molecule has 0 radical (unpaired) electrons. The molecular weight excluding hydrogens is 572 g/mol. The van der Waals surface area contributed by atoms with Crippen molar-refractivity contribution in [3.05, 3.63) is 12.2 Å². The molecule has 0 bridgehead atoms. The molecule has 1 rings (SSSR count). The van der Waals surface area contributed by atoms with Crippen molar-refractivity contribution in [1.29, 1.82) is 0 Å². The minimum atomic E-state index is -5.03. The lowest BCUT2D eigenvalue weighted by Crippen LogP contribution is -2.60. The molecule has 0 saturated carbocycles. The van der Waals surface area contributed by atoms with E-state index < -0.39 is 59.8 Å². The van der Waals surface area contributed by atoms with Crippen molar-refractivity contribution in [3.8, 4) is 0 Å². The first-order chi connectivity index (χ1) is 20.1. The highest BCUT2D eigenvalue weighted by atomic mass is 32.3. The molecule has 12 nitrogen and oxygen atoms in total. The molecule has 0 spiro atoms. The largest absolute Gasteiger partial charge is 0.457 e. The second-order valence-electron chi connectivity index (χ2n) is 10.7. The van der Waals surface area contributed by atoms with E-state index in [1.165, 1.54) is 57.8 Å². The maximum Gasteiger partial charge on any atom is 0.397 e. The maximum absolute atomic E-state index is 11.9. The van der Waals surface area contributed by atoms with Crippen LogP contribution in [0.25, 0.3) is 0 Å². The summed E-state index contributed by atoms with van der Waals surface area (Å²) in [7, 11) is -5.03. The van der Waals surface area contributed by atoms with Crippen LogP contribution in [0.2, 0.25) is 0 Å². The number of aliphatic hydroxyl groups is 3. The van der Waals surface area contributed by atoms with Gasteiger partial charge in [0.25, 0.3) is 0 Å². The molecule has 6 atom stereocenters. The molecule has 1 saturated heterocycles. The fourth-order valence-corrected chi connectivity index (χ4v) is 5.03. The van der Waals surface area contributed by atoms with Gasteiger partial charge in [-0.1, -0.05) is 77.4 Å². The van der Waals surface area contributed by atoms with Crippen molar-refractivity contribution in [2.45, 2.75) is 141 Å². The molecule has 42 heavy (non-hydrogen) atoms. The van der Waals surface area contributed by atoms with Gasteiger partial charge in [0.05, 0.1) is 19.8 Å². The molecule has 1 heterocycles. The van der Waals surface area contributed by atoms with E-state index in [-0.39, 0.29) is 19.6 Å². The molecule has 0 aromatic heterocycles. The standard InChI is InChI=1S/C29H54O12S/c1-3-5-6-7-8-9-10-11-12-13-14-15-16-17-18-19-37-21-23(39-25(31)4-2)22-38-29-27(33)28(41-42(34,35)36)26(32)24(20-30)40-29/h10-11,23-24,26-30,32-33H,3-9,12-22H2,1-2H3,(H,34,35,36)/b11-10-. The van der Waals surface area contributed by atoms with Crippen LogP contribution in [0.3, 0.4) is 0 Å². The van der Waals surface area contributed by atoms with Crippen molar-refractivity contribution in [1.82, 2.24) is 0 Å². The first kappa shape index (κ1) is 38.9. The van der Waals surface area contributed by atoms with E-state index in [2.05, 4.69) is 23.3 Å². The summed E-state index contributed by atoms with van der Waals surface area (Å²) in [5, 5.41) is 30.0. The third-order valence-corrected chi connectivity index (χ3v) is 7.41. The van der Waals surface area contributed by atoms with Crippen LogP contribution in [0, 0.1) is 0 Å². The number of allylic oxidation sites excluding steroid dienone is 2. The van der Waals surface area contributed by atoms with Gasteiger partial charge in [-0.05, 0) is 32.1 Å². The summed E-state index contributed by atoms with van der Waals surface area (Å²) >= 11 is 0. The van der Waals surface area contributed by atoms with Crippen LogP contribution in [0.15, 0.2) is 12.2 Å². The molecule has 0 aromatic carbocycles. The second kappa shape index (κ2) is 23.3. The molecule has 1 fully saturated rings. The molecule has 248 valence electrons. The summed E-state index contributed by atoms with van der Waals surface area (Å²) in [4.78, 5) is 11.9. The van der Waals surface area contributed by atoms with Crippen LogP contribution in [-0.4, -0.2) is 97.5 Å². The van der Waals surface area contributed by atoms with Crippen molar-refractivity contribution in [2.75, 3.05) is 26.4 Å². The molecule has 0 aromatic rings. The zero-order valence-electron chi connectivity index (χ0n) is 25.3. The van der Waals surface area contributed by atoms with E-state index in [1.807, 2.05) is 0 Å². The predicted octanol–water partition coefficient (Wildman–Crippen LogP) is 3.62. The van der Waals surface area contributed by atoms with E-state index >= 15 is 0 Å². The van der Waals surface area contributed by atoms with Gasteiger partial charge in [0.2, 0.25) is 0 Å². The highest BCUT2D eigenvalue weighted by Crippen LogP contribution is 2.25. The van der Waals surface area contributed by atoms with E-state index in [1.54, 1.807) is 6.92 Å². The first-order valence-electron chi connectivity index (χ1n) is 15.4. The van der Waals surface area contributed by atoms with Crippen LogP contribution in [0.4, 0.5) is 0 Å². The molecule has 0 aliphatic carbocycles. The van der Waals surface area contributed by atoms with Gasteiger partial charge < -0.3 is 34.3 Å². The Morgan fingerprint density at radius 2 is 1.48 bits per heavy atom. The molecule has 6 unspecified atom stereocenters.